The zero-order valence-corrected chi connectivity index (χ0v) is 12.7. The van der Waals surface area contributed by atoms with Gasteiger partial charge in [-0.15, -0.1) is 0 Å². The summed E-state index contributed by atoms with van der Waals surface area (Å²) >= 11 is 0. The van der Waals surface area contributed by atoms with Crippen molar-refractivity contribution in [2.45, 2.75) is 52.7 Å². The number of imidazole rings is 1. The van der Waals surface area contributed by atoms with Crippen molar-refractivity contribution in [2.75, 3.05) is 13.6 Å². The van der Waals surface area contributed by atoms with Crippen LogP contribution in [0.15, 0.2) is 31.1 Å². The Balaban J connectivity index is 2.27. The Labute approximate surface area is 117 Å². The monoisotopic (exact) mass is 265 g/mol. The van der Waals surface area contributed by atoms with E-state index < -0.39 is 0 Å². The number of aromatic nitrogens is 2. The summed E-state index contributed by atoms with van der Waals surface area (Å²) in [6.07, 6.45) is 15.5. The third kappa shape index (κ3) is 6.89. The van der Waals surface area contributed by atoms with Crippen LogP contribution in [-0.4, -0.2) is 23.1 Å². The van der Waals surface area contributed by atoms with Crippen molar-refractivity contribution in [3.05, 3.63) is 31.1 Å². The van der Waals surface area contributed by atoms with Crippen molar-refractivity contribution in [1.82, 2.24) is 14.8 Å². The molecule has 1 rings (SSSR count). The van der Waals surface area contributed by atoms with Crippen LogP contribution < -0.4 is 9.88 Å². The summed E-state index contributed by atoms with van der Waals surface area (Å²) in [6, 6.07) is 0. The van der Waals surface area contributed by atoms with Crippen LogP contribution in [0.25, 0.3) is 0 Å². The van der Waals surface area contributed by atoms with E-state index in [0.717, 1.165) is 19.8 Å². The second kappa shape index (κ2) is 9.48. The molecule has 0 bridgehead atoms. The number of unbranched alkanes of at least 4 members (excludes halogenated alkanes) is 2. The molecule has 0 spiro atoms. The zero-order chi connectivity index (χ0) is 13.9. The van der Waals surface area contributed by atoms with E-state index in [0.29, 0.717) is 0 Å². The van der Waals surface area contributed by atoms with E-state index >= 15 is 0 Å². The number of hydrogen-bond acceptors (Lipinski definition) is 2. The molecule has 0 saturated carbocycles. The van der Waals surface area contributed by atoms with Gasteiger partial charge in [0.15, 0.2) is 6.67 Å². The third-order valence-electron chi connectivity index (χ3n) is 3.02. The van der Waals surface area contributed by atoms with Gasteiger partial charge in [-0.1, -0.05) is 26.7 Å². The number of rotatable bonds is 10. The molecule has 108 valence electrons. The van der Waals surface area contributed by atoms with Crippen LogP contribution in [0.3, 0.4) is 0 Å². The van der Waals surface area contributed by atoms with Crippen LogP contribution in [-0.2, 0) is 13.2 Å². The van der Waals surface area contributed by atoms with Crippen molar-refractivity contribution >= 4 is 0 Å². The number of aryl methyl sites for hydroxylation is 1. The first-order valence-corrected chi connectivity index (χ1v) is 7.41. The average molecular weight is 265 g/mol. The van der Waals surface area contributed by atoms with Crippen LogP contribution in [0.4, 0.5) is 0 Å². The Morgan fingerprint density at radius 2 is 2.05 bits per heavy atom. The lowest BCUT2D eigenvalue weighted by molar-refractivity contribution is -0.712. The Kier molecular flexibility index (Phi) is 7.78. The van der Waals surface area contributed by atoms with Crippen LogP contribution in [0.1, 0.15) is 39.5 Å². The molecule has 0 amide bonds. The molecular formula is C15H29N4+. The lowest BCUT2D eigenvalue weighted by Crippen LogP contribution is -2.38. The molecule has 4 nitrogen and oxygen atoms in total. The first-order chi connectivity index (χ1) is 9.26. The normalized spacial score (nSPS) is 11.1. The van der Waals surface area contributed by atoms with E-state index in [1.165, 1.54) is 25.7 Å². The maximum atomic E-state index is 3.30. The first-order valence-electron chi connectivity index (χ1n) is 7.41. The molecule has 0 atom stereocenters. The molecule has 0 saturated heterocycles. The van der Waals surface area contributed by atoms with Gasteiger partial charge in [0.05, 0.1) is 6.54 Å². The smallest absolute Gasteiger partial charge is 0.245 e. The summed E-state index contributed by atoms with van der Waals surface area (Å²) in [5, 5.41) is 3.30. The van der Waals surface area contributed by atoms with Gasteiger partial charge in [0.1, 0.15) is 12.4 Å². The summed E-state index contributed by atoms with van der Waals surface area (Å²) in [4.78, 5) is 2.17. The Morgan fingerprint density at radius 3 is 2.79 bits per heavy atom. The van der Waals surface area contributed by atoms with Crippen molar-refractivity contribution < 1.29 is 4.57 Å². The Bertz CT molecular complexity index is 357. The highest BCUT2D eigenvalue weighted by Gasteiger charge is 2.03. The highest BCUT2D eigenvalue weighted by Crippen LogP contribution is 1.93. The predicted octanol–water partition coefficient (Wildman–Crippen LogP) is 2.33. The summed E-state index contributed by atoms with van der Waals surface area (Å²) in [7, 11) is 2.09. The SMILES string of the molecule is CCCCN/C=C\N(C)C[n+]1ccn(CCCC)c1. The summed E-state index contributed by atoms with van der Waals surface area (Å²) in [5.41, 5.74) is 0. The largest absolute Gasteiger partial charge is 0.390 e. The van der Waals surface area contributed by atoms with E-state index in [4.69, 9.17) is 0 Å². The summed E-state index contributed by atoms with van der Waals surface area (Å²) < 4.78 is 4.45. The molecular weight excluding hydrogens is 236 g/mol. The Hall–Kier alpha value is -1.45. The molecule has 4 heteroatoms. The lowest BCUT2D eigenvalue weighted by atomic mass is 10.3. The second-order valence-electron chi connectivity index (χ2n) is 5.04. The number of nitrogens with zero attached hydrogens (tertiary/aromatic N) is 3. The molecule has 1 N–H and O–H groups in total. The minimum absolute atomic E-state index is 0.880. The van der Waals surface area contributed by atoms with E-state index in [9.17, 15) is 0 Å². The van der Waals surface area contributed by atoms with Crippen LogP contribution in [0.5, 0.6) is 0 Å². The van der Waals surface area contributed by atoms with Gasteiger partial charge in [-0.05, 0) is 12.8 Å². The lowest BCUT2D eigenvalue weighted by Gasteiger charge is -2.10. The fraction of sp³-hybridized carbons (Fsp3) is 0.667. The quantitative estimate of drug-likeness (QED) is 0.518. The fourth-order valence-corrected chi connectivity index (χ4v) is 1.84. The highest BCUT2D eigenvalue weighted by molar-refractivity contribution is 4.76. The molecule has 0 aliphatic rings. The summed E-state index contributed by atoms with van der Waals surface area (Å²) in [5.74, 6) is 0. The van der Waals surface area contributed by atoms with Gasteiger partial charge in [-0.25, -0.2) is 9.13 Å². The van der Waals surface area contributed by atoms with Gasteiger partial charge in [0.2, 0.25) is 6.33 Å². The molecule has 1 aromatic rings. The highest BCUT2D eigenvalue weighted by atomic mass is 15.2. The van der Waals surface area contributed by atoms with Gasteiger partial charge < -0.3 is 10.2 Å². The number of nitrogens with one attached hydrogen (secondary N) is 1. The maximum absolute atomic E-state index is 3.30. The molecule has 0 aromatic carbocycles. The number of hydrogen-bond donors (Lipinski definition) is 1. The molecule has 0 aliphatic heterocycles. The van der Waals surface area contributed by atoms with Crippen molar-refractivity contribution in [3.63, 3.8) is 0 Å². The Morgan fingerprint density at radius 1 is 1.26 bits per heavy atom. The molecule has 0 fully saturated rings. The van der Waals surface area contributed by atoms with Gasteiger partial charge in [0, 0.05) is 26.0 Å². The van der Waals surface area contributed by atoms with Crippen LogP contribution in [0.2, 0.25) is 0 Å². The summed E-state index contributed by atoms with van der Waals surface area (Å²) in [6.45, 7) is 7.48. The van der Waals surface area contributed by atoms with Gasteiger partial charge in [-0.3, -0.25) is 0 Å². The van der Waals surface area contributed by atoms with Crippen molar-refractivity contribution in [1.29, 1.82) is 0 Å². The van der Waals surface area contributed by atoms with Gasteiger partial charge in [0.25, 0.3) is 0 Å². The standard InChI is InChI=1S/C15H29N4/c1-4-6-8-16-9-11-17(3)14-19-13-12-18(15-19)10-7-5-2/h9,11-13,15-16H,4-8,10,14H2,1-3H3/q+1/b11-9-. The van der Waals surface area contributed by atoms with E-state index in [-0.39, 0.29) is 0 Å². The van der Waals surface area contributed by atoms with E-state index in [1.807, 2.05) is 6.20 Å². The minimum atomic E-state index is 0.880. The molecule has 0 unspecified atom stereocenters. The minimum Gasteiger partial charge on any atom is -0.390 e. The molecule has 1 heterocycles. The first kappa shape index (κ1) is 15.6. The molecule has 19 heavy (non-hydrogen) atoms. The molecule has 0 radical (unpaired) electrons. The predicted molar refractivity (Wildman–Crippen MR) is 79.3 cm³/mol. The third-order valence-corrected chi connectivity index (χ3v) is 3.02. The van der Waals surface area contributed by atoms with Crippen LogP contribution >= 0.6 is 0 Å². The molecule has 0 aliphatic carbocycles. The topological polar surface area (TPSA) is 24.1 Å². The maximum Gasteiger partial charge on any atom is 0.245 e. The van der Waals surface area contributed by atoms with E-state index in [2.05, 4.69) is 65.2 Å². The van der Waals surface area contributed by atoms with Crippen LogP contribution in [0, 0.1) is 0 Å². The van der Waals surface area contributed by atoms with Crippen molar-refractivity contribution in [3.8, 4) is 0 Å². The zero-order valence-electron chi connectivity index (χ0n) is 12.7. The fourth-order valence-electron chi connectivity index (χ4n) is 1.84. The van der Waals surface area contributed by atoms with Crippen molar-refractivity contribution in [2.24, 2.45) is 0 Å². The van der Waals surface area contributed by atoms with Gasteiger partial charge in [-0.2, -0.15) is 0 Å². The second-order valence-corrected chi connectivity index (χ2v) is 5.04. The average Bonchev–Trinajstić information content (AvgIpc) is 2.83. The molecule has 1 aromatic heterocycles. The van der Waals surface area contributed by atoms with Gasteiger partial charge >= 0.3 is 0 Å². The van der Waals surface area contributed by atoms with E-state index in [1.54, 1.807) is 0 Å².